The van der Waals surface area contributed by atoms with E-state index in [1.807, 2.05) is 18.2 Å². The van der Waals surface area contributed by atoms with Crippen LogP contribution < -0.4 is 0 Å². The van der Waals surface area contributed by atoms with Gasteiger partial charge in [0, 0.05) is 9.50 Å². The fourth-order valence-electron chi connectivity index (χ4n) is 0.957. The molecule has 0 N–H and O–H groups in total. The van der Waals surface area contributed by atoms with E-state index >= 15 is 0 Å². The predicted molar refractivity (Wildman–Crippen MR) is 53.2 cm³/mol. The minimum atomic E-state index is 0.517. The van der Waals surface area contributed by atoms with Crippen molar-refractivity contribution < 1.29 is 0 Å². The third-order valence-corrected chi connectivity index (χ3v) is 2.54. The summed E-state index contributed by atoms with van der Waals surface area (Å²) in [6, 6.07) is 5.87. The lowest BCUT2D eigenvalue weighted by atomic mass is 10.0. The fourth-order valence-corrected chi connectivity index (χ4v) is 1.84. The van der Waals surface area contributed by atoms with Crippen molar-refractivity contribution in [2.24, 2.45) is 0 Å². The van der Waals surface area contributed by atoms with Crippen LogP contribution in [0, 0.1) is 0 Å². The highest BCUT2D eigenvalue weighted by atomic mass is 79.9. The summed E-state index contributed by atoms with van der Waals surface area (Å²) in [5.41, 5.74) is 1.26. The molecule has 0 aromatic heterocycles. The molecule has 0 nitrogen and oxygen atoms in total. The summed E-state index contributed by atoms with van der Waals surface area (Å²) in [6.07, 6.45) is 0. The standard InChI is InChI=1S/C9H10BrCl/c1-6(2)8-5-7(11)3-4-9(8)10/h3-6H,1-2H3. The first kappa shape index (κ1) is 9.08. The average Bonchev–Trinajstić information content (AvgIpc) is 1.94. The van der Waals surface area contributed by atoms with Crippen molar-refractivity contribution in [3.8, 4) is 0 Å². The maximum atomic E-state index is 5.84. The van der Waals surface area contributed by atoms with E-state index in [4.69, 9.17) is 11.6 Å². The maximum absolute atomic E-state index is 5.84. The molecule has 0 spiro atoms. The number of hydrogen-bond donors (Lipinski definition) is 0. The largest absolute Gasteiger partial charge is 0.0843 e. The van der Waals surface area contributed by atoms with Crippen LogP contribution in [0.2, 0.25) is 5.02 Å². The van der Waals surface area contributed by atoms with E-state index in [9.17, 15) is 0 Å². The maximum Gasteiger partial charge on any atom is 0.0409 e. The zero-order chi connectivity index (χ0) is 8.43. The van der Waals surface area contributed by atoms with Crippen molar-refractivity contribution in [3.05, 3.63) is 33.3 Å². The van der Waals surface area contributed by atoms with Gasteiger partial charge in [-0.3, -0.25) is 0 Å². The van der Waals surface area contributed by atoms with E-state index in [0.29, 0.717) is 5.92 Å². The van der Waals surface area contributed by atoms with E-state index in [-0.39, 0.29) is 0 Å². The van der Waals surface area contributed by atoms with Crippen molar-refractivity contribution in [2.75, 3.05) is 0 Å². The second-order valence-electron chi connectivity index (χ2n) is 2.82. The Kier molecular flexibility index (Phi) is 2.97. The van der Waals surface area contributed by atoms with Gasteiger partial charge in [0.05, 0.1) is 0 Å². The van der Waals surface area contributed by atoms with Gasteiger partial charge in [0.15, 0.2) is 0 Å². The first-order chi connectivity index (χ1) is 5.11. The Morgan fingerprint density at radius 1 is 1.36 bits per heavy atom. The van der Waals surface area contributed by atoms with Gasteiger partial charge >= 0.3 is 0 Å². The highest BCUT2D eigenvalue weighted by molar-refractivity contribution is 9.10. The zero-order valence-electron chi connectivity index (χ0n) is 6.57. The third kappa shape index (κ3) is 2.21. The minimum absolute atomic E-state index is 0.517. The highest BCUT2D eigenvalue weighted by Gasteiger charge is 2.03. The van der Waals surface area contributed by atoms with Crippen LogP contribution in [0.5, 0.6) is 0 Å². The molecule has 1 aromatic rings. The lowest BCUT2D eigenvalue weighted by Gasteiger charge is -2.07. The number of halogens is 2. The molecule has 0 radical (unpaired) electrons. The van der Waals surface area contributed by atoms with Gasteiger partial charge in [0.2, 0.25) is 0 Å². The van der Waals surface area contributed by atoms with Crippen molar-refractivity contribution >= 4 is 27.5 Å². The molecule has 1 aromatic carbocycles. The monoisotopic (exact) mass is 232 g/mol. The number of hydrogen-bond acceptors (Lipinski definition) is 0. The van der Waals surface area contributed by atoms with E-state index in [1.165, 1.54) is 5.56 Å². The summed E-state index contributed by atoms with van der Waals surface area (Å²) in [6.45, 7) is 4.30. The Balaban J connectivity index is 3.13. The highest BCUT2D eigenvalue weighted by Crippen LogP contribution is 2.27. The van der Waals surface area contributed by atoms with Gasteiger partial charge in [-0.2, -0.15) is 0 Å². The van der Waals surface area contributed by atoms with Crippen LogP contribution in [0.4, 0.5) is 0 Å². The van der Waals surface area contributed by atoms with Gasteiger partial charge in [-0.15, -0.1) is 0 Å². The molecule has 2 heteroatoms. The van der Waals surface area contributed by atoms with Crippen LogP contribution in [0.1, 0.15) is 25.3 Å². The Morgan fingerprint density at radius 3 is 2.45 bits per heavy atom. The van der Waals surface area contributed by atoms with Crippen molar-refractivity contribution in [1.82, 2.24) is 0 Å². The van der Waals surface area contributed by atoms with E-state index in [1.54, 1.807) is 0 Å². The smallest absolute Gasteiger partial charge is 0.0409 e. The first-order valence-electron chi connectivity index (χ1n) is 3.56. The van der Waals surface area contributed by atoms with E-state index in [2.05, 4.69) is 29.8 Å². The Labute approximate surface area is 80.7 Å². The molecule has 0 saturated heterocycles. The fraction of sp³-hybridized carbons (Fsp3) is 0.333. The third-order valence-electron chi connectivity index (χ3n) is 1.58. The minimum Gasteiger partial charge on any atom is -0.0843 e. The molecule has 0 aliphatic rings. The number of benzene rings is 1. The summed E-state index contributed by atoms with van der Waals surface area (Å²) in [5, 5.41) is 0.803. The summed E-state index contributed by atoms with van der Waals surface area (Å²) in [7, 11) is 0. The molecular weight excluding hydrogens is 223 g/mol. The van der Waals surface area contributed by atoms with Gasteiger partial charge in [0.1, 0.15) is 0 Å². The summed E-state index contributed by atoms with van der Waals surface area (Å²) in [5.74, 6) is 0.517. The predicted octanol–water partition coefficient (Wildman–Crippen LogP) is 4.23. The topological polar surface area (TPSA) is 0 Å². The molecule has 60 valence electrons. The molecule has 11 heavy (non-hydrogen) atoms. The molecule has 0 aliphatic carbocycles. The molecule has 0 heterocycles. The molecule has 0 fully saturated rings. The Bertz CT molecular complexity index is 256. The van der Waals surface area contributed by atoms with Gasteiger partial charge in [-0.05, 0) is 29.7 Å². The molecule has 0 saturated carbocycles. The van der Waals surface area contributed by atoms with Gasteiger partial charge in [0.25, 0.3) is 0 Å². The average molecular weight is 234 g/mol. The normalized spacial score (nSPS) is 10.6. The summed E-state index contributed by atoms with van der Waals surface area (Å²) >= 11 is 9.31. The summed E-state index contributed by atoms with van der Waals surface area (Å²) in [4.78, 5) is 0. The lowest BCUT2D eigenvalue weighted by Crippen LogP contribution is -1.87. The van der Waals surface area contributed by atoms with Crippen LogP contribution in [-0.4, -0.2) is 0 Å². The van der Waals surface area contributed by atoms with Gasteiger partial charge < -0.3 is 0 Å². The molecule has 0 amide bonds. The van der Waals surface area contributed by atoms with Crippen LogP contribution in [0.3, 0.4) is 0 Å². The lowest BCUT2D eigenvalue weighted by molar-refractivity contribution is 0.861. The van der Waals surface area contributed by atoms with Crippen molar-refractivity contribution in [1.29, 1.82) is 0 Å². The molecule has 0 bridgehead atoms. The van der Waals surface area contributed by atoms with Crippen molar-refractivity contribution in [2.45, 2.75) is 19.8 Å². The molecule has 0 atom stereocenters. The second kappa shape index (κ2) is 3.59. The molecule has 0 aliphatic heterocycles. The Hall–Kier alpha value is -0.0100. The van der Waals surface area contributed by atoms with Crippen LogP contribution >= 0.6 is 27.5 Å². The summed E-state index contributed by atoms with van der Waals surface area (Å²) < 4.78 is 1.14. The molecular formula is C9H10BrCl. The zero-order valence-corrected chi connectivity index (χ0v) is 8.91. The van der Waals surface area contributed by atoms with Crippen molar-refractivity contribution in [3.63, 3.8) is 0 Å². The van der Waals surface area contributed by atoms with Gasteiger partial charge in [-0.1, -0.05) is 41.4 Å². The quantitative estimate of drug-likeness (QED) is 0.681. The van der Waals surface area contributed by atoms with E-state index < -0.39 is 0 Å². The van der Waals surface area contributed by atoms with Gasteiger partial charge in [-0.25, -0.2) is 0 Å². The number of rotatable bonds is 1. The van der Waals surface area contributed by atoms with Crippen LogP contribution in [0.25, 0.3) is 0 Å². The molecule has 0 unspecified atom stereocenters. The van der Waals surface area contributed by atoms with Crippen LogP contribution in [0.15, 0.2) is 22.7 Å². The molecule has 1 rings (SSSR count). The Morgan fingerprint density at radius 2 is 2.00 bits per heavy atom. The first-order valence-corrected chi connectivity index (χ1v) is 4.73. The second-order valence-corrected chi connectivity index (χ2v) is 4.11. The SMILES string of the molecule is CC(C)c1cc(Cl)ccc1Br. The van der Waals surface area contributed by atoms with Crippen LogP contribution in [-0.2, 0) is 0 Å². The van der Waals surface area contributed by atoms with E-state index in [0.717, 1.165) is 9.50 Å².